The monoisotopic (exact) mass is 317 g/mol. The molecule has 0 radical (unpaired) electrons. The zero-order valence-electron chi connectivity index (χ0n) is 13.8. The van der Waals surface area contributed by atoms with E-state index >= 15 is 0 Å². The van der Waals surface area contributed by atoms with E-state index in [1.54, 1.807) is 12.1 Å². The number of aryl methyl sites for hydroxylation is 1. The number of hydrogen-bond donors (Lipinski definition) is 0. The number of halogens is 1. The van der Waals surface area contributed by atoms with Crippen LogP contribution in [0.2, 0.25) is 0 Å². The van der Waals surface area contributed by atoms with Gasteiger partial charge in [0.1, 0.15) is 5.82 Å². The second-order valence-electron chi connectivity index (χ2n) is 7.07. The first-order valence-corrected chi connectivity index (χ1v) is 7.66. The molecule has 6 heteroatoms. The number of rotatable bonds is 2. The summed E-state index contributed by atoms with van der Waals surface area (Å²) in [6.07, 6.45) is 0.249. The smallest absolute Gasteiger partial charge is 0.232 e. The lowest BCUT2D eigenvalue weighted by molar-refractivity contribution is -0.117. The second-order valence-corrected chi connectivity index (χ2v) is 7.07. The molecule has 0 N–H and O–H groups in total. The quantitative estimate of drug-likeness (QED) is 0.852. The minimum Gasteiger partial charge on any atom is -0.339 e. The molecular formula is C17H20FN3O2. The van der Waals surface area contributed by atoms with Gasteiger partial charge in [0, 0.05) is 18.4 Å². The Morgan fingerprint density at radius 2 is 2.09 bits per heavy atom. The maximum Gasteiger partial charge on any atom is 0.232 e. The van der Waals surface area contributed by atoms with E-state index in [-0.39, 0.29) is 23.7 Å². The van der Waals surface area contributed by atoms with E-state index in [9.17, 15) is 9.18 Å². The lowest BCUT2D eigenvalue weighted by Crippen LogP contribution is -2.25. The van der Waals surface area contributed by atoms with Crippen molar-refractivity contribution >= 4 is 11.6 Å². The second kappa shape index (κ2) is 5.44. The van der Waals surface area contributed by atoms with Gasteiger partial charge in [-0.3, -0.25) is 4.79 Å². The van der Waals surface area contributed by atoms with Gasteiger partial charge in [0.15, 0.2) is 5.82 Å². The molecule has 1 amide bonds. The Balaban J connectivity index is 1.85. The molecule has 1 atom stereocenters. The number of carbonyl (C=O) groups excluding carboxylic acids is 1. The third-order valence-electron chi connectivity index (χ3n) is 3.98. The molecule has 1 aromatic carbocycles. The molecule has 1 aromatic heterocycles. The molecule has 3 rings (SSSR count). The molecule has 1 saturated heterocycles. The van der Waals surface area contributed by atoms with Gasteiger partial charge < -0.3 is 9.42 Å². The predicted octanol–water partition coefficient (Wildman–Crippen LogP) is 3.34. The minimum atomic E-state index is -0.398. The fourth-order valence-corrected chi connectivity index (χ4v) is 2.64. The zero-order chi connectivity index (χ0) is 16.8. The summed E-state index contributed by atoms with van der Waals surface area (Å²) in [5.74, 6) is 0.325. The van der Waals surface area contributed by atoms with Crippen LogP contribution in [0.15, 0.2) is 22.7 Å². The van der Waals surface area contributed by atoms with Crippen molar-refractivity contribution in [2.24, 2.45) is 0 Å². The predicted molar refractivity (Wildman–Crippen MR) is 83.8 cm³/mol. The molecule has 2 aromatic rings. The molecule has 1 fully saturated rings. The third kappa shape index (κ3) is 2.98. The number of hydrogen-bond acceptors (Lipinski definition) is 4. The van der Waals surface area contributed by atoms with E-state index in [4.69, 9.17) is 4.52 Å². The summed E-state index contributed by atoms with van der Waals surface area (Å²) in [6.45, 7) is 8.21. The van der Waals surface area contributed by atoms with Crippen molar-refractivity contribution in [3.63, 3.8) is 0 Å². The number of amides is 1. The van der Waals surface area contributed by atoms with Crippen molar-refractivity contribution < 1.29 is 13.7 Å². The van der Waals surface area contributed by atoms with Crippen LogP contribution in [-0.4, -0.2) is 22.6 Å². The van der Waals surface area contributed by atoms with Crippen LogP contribution in [0.5, 0.6) is 0 Å². The fraction of sp³-hybridized carbons (Fsp3) is 0.471. The summed E-state index contributed by atoms with van der Waals surface area (Å²) in [5.41, 5.74) is 1.01. The van der Waals surface area contributed by atoms with Crippen LogP contribution in [0.3, 0.4) is 0 Å². The van der Waals surface area contributed by atoms with Crippen molar-refractivity contribution in [2.75, 3.05) is 11.4 Å². The Labute approximate surface area is 134 Å². The average molecular weight is 317 g/mol. The minimum absolute atomic E-state index is 0.130. The number of anilines is 1. The Hall–Kier alpha value is -2.24. The fourth-order valence-electron chi connectivity index (χ4n) is 2.64. The normalized spacial score (nSPS) is 18.7. The van der Waals surface area contributed by atoms with Gasteiger partial charge in [-0.15, -0.1) is 0 Å². The van der Waals surface area contributed by atoms with E-state index in [0.29, 0.717) is 23.9 Å². The molecule has 23 heavy (non-hydrogen) atoms. The number of benzene rings is 1. The summed E-state index contributed by atoms with van der Waals surface area (Å²) < 4.78 is 19.4. The van der Waals surface area contributed by atoms with Crippen LogP contribution in [0.4, 0.5) is 10.1 Å². The number of aromatic nitrogens is 2. The van der Waals surface area contributed by atoms with Crippen molar-refractivity contribution in [3.05, 3.63) is 41.3 Å². The van der Waals surface area contributed by atoms with Crippen LogP contribution < -0.4 is 4.90 Å². The van der Waals surface area contributed by atoms with E-state index in [1.807, 2.05) is 27.7 Å². The van der Waals surface area contributed by atoms with Gasteiger partial charge in [0.2, 0.25) is 11.8 Å². The topological polar surface area (TPSA) is 59.2 Å². The Morgan fingerprint density at radius 1 is 1.35 bits per heavy atom. The van der Waals surface area contributed by atoms with Crippen molar-refractivity contribution in [3.8, 4) is 0 Å². The molecule has 1 aliphatic rings. The number of carbonyl (C=O) groups is 1. The highest BCUT2D eigenvalue weighted by atomic mass is 19.1. The van der Waals surface area contributed by atoms with Crippen LogP contribution in [0.25, 0.3) is 0 Å². The molecule has 2 heterocycles. The van der Waals surface area contributed by atoms with Crippen molar-refractivity contribution in [1.29, 1.82) is 0 Å². The van der Waals surface area contributed by atoms with Crippen LogP contribution >= 0.6 is 0 Å². The third-order valence-corrected chi connectivity index (χ3v) is 3.98. The van der Waals surface area contributed by atoms with E-state index in [1.165, 1.54) is 11.0 Å². The van der Waals surface area contributed by atoms with Crippen molar-refractivity contribution in [2.45, 2.75) is 45.4 Å². The zero-order valence-corrected chi connectivity index (χ0v) is 13.8. The van der Waals surface area contributed by atoms with Gasteiger partial charge in [0.25, 0.3) is 0 Å². The molecular weight excluding hydrogens is 297 g/mol. The summed E-state index contributed by atoms with van der Waals surface area (Å²) in [6, 6.07) is 4.75. The molecule has 5 nitrogen and oxygen atoms in total. The molecule has 0 spiro atoms. The standard InChI is InChI=1S/C17H20FN3O2/c1-10-5-6-12(18)13(7-10)21-9-11(8-14(21)22)15-19-16(20-23-15)17(2,3)4/h5-7,11H,8-9H2,1-4H3. The Kier molecular flexibility index (Phi) is 3.70. The Bertz CT molecular complexity index is 749. The van der Waals surface area contributed by atoms with Crippen molar-refractivity contribution in [1.82, 2.24) is 10.1 Å². The average Bonchev–Trinajstić information content (AvgIpc) is 3.07. The SMILES string of the molecule is Cc1ccc(F)c(N2CC(c3nc(C(C)(C)C)no3)CC2=O)c1. The molecule has 0 aliphatic carbocycles. The van der Waals surface area contributed by atoms with Crippen LogP contribution in [0, 0.1) is 12.7 Å². The maximum absolute atomic E-state index is 14.0. The van der Waals surface area contributed by atoms with E-state index < -0.39 is 5.82 Å². The molecule has 0 saturated carbocycles. The van der Waals surface area contributed by atoms with E-state index in [2.05, 4.69) is 10.1 Å². The highest BCUT2D eigenvalue weighted by Gasteiger charge is 2.37. The van der Waals surface area contributed by atoms with Crippen LogP contribution in [-0.2, 0) is 10.2 Å². The largest absolute Gasteiger partial charge is 0.339 e. The highest BCUT2D eigenvalue weighted by Crippen LogP contribution is 2.33. The molecule has 122 valence electrons. The van der Waals surface area contributed by atoms with Gasteiger partial charge in [-0.05, 0) is 24.6 Å². The highest BCUT2D eigenvalue weighted by molar-refractivity contribution is 5.96. The number of nitrogens with zero attached hydrogens (tertiary/aromatic N) is 3. The van der Waals surface area contributed by atoms with Gasteiger partial charge in [-0.1, -0.05) is 32.0 Å². The van der Waals surface area contributed by atoms with Gasteiger partial charge in [-0.2, -0.15) is 4.98 Å². The van der Waals surface area contributed by atoms with E-state index in [0.717, 1.165) is 5.56 Å². The first-order valence-electron chi connectivity index (χ1n) is 7.66. The molecule has 0 bridgehead atoms. The van der Waals surface area contributed by atoms with Gasteiger partial charge in [0.05, 0.1) is 11.6 Å². The van der Waals surface area contributed by atoms with Gasteiger partial charge in [-0.25, -0.2) is 4.39 Å². The lowest BCUT2D eigenvalue weighted by Gasteiger charge is -2.17. The maximum atomic E-state index is 14.0. The summed E-state index contributed by atoms with van der Waals surface area (Å²) >= 11 is 0. The lowest BCUT2D eigenvalue weighted by atomic mass is 9.96. The Morgan fingerprint density at radius 3 is 2.74 bits per heavy atom. The molecule has 1 aliphatic heterocycles. The summed E-state index contributed by atoms with van der Waals surface area (Å²) in [4.78, 5) is 18.2. The first kappa shape index (κ1) is 15.6. The first-order chi connectivity index (χ1) is 10.8. The summed E-state index contributed by atoms with van der Waals surface area (Å²) in [7, 11) is 0. The summed E-state index contributed by atoms with van der Waals surface area (Å²) in [5, 5.41) is 4.00. The van der Waals surface area contributed by atoms with Crippen LogP contribution in [0.1, 0.15) is 50.4 Å². The van der Waals surface area contributed by atoms with Gasteiger partial charge >= 0.3 is 0 Å². The molecule has 1 unspecified atom stereocenters.